The molecule has 1 fully saturated rings. The molecule has 1 nitrogen and oxygen atoms in total. The lowest BCUT2D eigenvalue weighted by molar-refractivity contribution is 0.356. The van der Waals surface area contributed by atoms with Crippen LogP contribution in [0, 0.1) is 5.82 Å². The Hall–Kier alpha value is -0.600. The van der Waals surface area contributed by atoms with Gasteiger partial charge in [-0.15, -0.1) is 0 Å². The topological polar surface area (TPSA) is 12.0 Å². The van der Waals surface area contributed by atoms with Gasteiger partial charge in [0.25, 0.3) is 0 Å². The number of nitrogens with one attached hydrogen (secondary N) is 1. The lowest BCUT2D eigenvalue weighted by Gasteiger charge is -2.30. The summed E-state index contributed by atoms with van der Waals surface area (Å²) in [6.07, 6.45) is 4.19. The van der Waals surface area contributed by atoms with Crippen LogP contribution in [0.3, 0.4) is 0 Å². The van der Waals surface area contributed by atoms with E-state index in [-0.39, 0.29) is 11.4 Å². The highest BCUT2D eigenvalue weighted by Gasteiger charge is 2.37. The molecule has 0 heterocycles. The fourth-order valence-electron chi connectivity index (χ4n) is 2.56. The summed E-state index contributed by atoms with van der Waals surface area (Å²) in [6.45, 7) is 0. The smallest absolute Gasteiger partial charge is 0.129 e. The SMILES string of the molecule is CNC1(c2c(F)cccc2Cl)CCCC1. The maximum absolute atomic E-state index is 13.8. The van der Waals surface area contributed by atoms with E-state index in [1.807, 2.05) is 7.05 Å². The Morgan fingerprint density at radius 3 is 2.53 bits per heavy atom. The predicted molar refractivity (Wildman–Crippen MR) is 60.6 cm³/mol. The second-order valence-corrected chi connectivity index (χ2v) is 4.54. The Morgan fingerprint density at radius 2 is 2.00 bits per heavy atom. The van der Waals surface area contributed by atoms with Gasteiger partial charge >= 0.3 is 0 Å². The van der Waals surface area contributed by atoms with Crippen molar-refractivity contribution in [2.45, 2.75) is 31.2 Å². The van der Waals surface area contributed by atoms with Crippen LogP contribution in [0.4, 0.5) is 4.39 Å². The van der Waals surface area contributed by atoms with Gasteiger partial charge in [-0.3, -0.25) is 0 Å². The number of halogens is 2. The van der Waals surface area contributed by atoms with Crippen molar-refractivity contribution in [3.63, 3.8) is 0 Å². The summed E-state index contributed by atoms with van der Waals surface area (Å²) >= 11 is 6.10. The summed E-state index contributed by atoms with van der Waals surface area (Å²) in [5.74, 6) is -0.196. The second-order valence-electron chi connectivity index (χ2n) is 4.14. The molecule has 0 radical (unpaired) electrons. The molecular weight excluding hydrogens is 213 g/mol. The van der Waals surface area contributed by atoms with Crippen LogP contribution in [-0.2, 0) is 5.54 Å². The highest BCUT2D eigenvalue weighted by molar-refractivity contribution is 6.31. The molecule has 1 saturated carbocycles. The van der Waals surface area contributed by atoms with Crippen LogP contribution in [0.5, 0.6) is 0 Å². The Kier molecular flexibility index (Phi) is 2.98. The molecule has 1 N–H and O–H groups in total. The molecule has 0 unspecified atom stereocenters. The van der Waals surface area contributed by atoms with Crippen LogP contribution in [0.1, 0.15) is 31.2 Å². The van der Waals surface area contributed by atoms with Crippen LogP contribution >= 0.6 is 11.6 Å². The minimum absolute atomic E-state index is 0.196. The van der Waals surface area contributed by atoms with Gasteiger partial charge < -0.3 is 5.32 Å². The zero-order chi connectivity index (χ0) is 10.9. The van der Waals surface area contributed by atoms with Crippen LogP contribution in [0.2, 0.25) is 5.02 Å². The van der Waals surface area contributed by atoms with E-state index in [1.54, 1.807) is 12.1 Å². The molecule has 1 aliphatic carbocycles. The van der Waals surface area contributed by atoms with Gasteiger partial charge in [-0.1, -0.05) is 30.5 Å². The van der Waals surface area contributed by atoms with E-state index >= 15 is 0 Å². The van der Waals surface area contributed by atoms with Crippen molar-refractivity contribution in [1.29, 1.82) is 0 Å². The van der Waals surface area contributed by atoms with E-state index in [2.05, 4.69) is 5.32 Å². The molecular formula is C12H15ClFN. The quantitative estimate of drug-likeness (QED) is 0.816. The first-order valence-electron chi connectivity index (χ1n) is 5.33. The van der Waals surface area contributed by atoms with Crippen molar-refractivity contribution in [2.24, 2.45) is 0 Å². The minimum atomic E-state index is -0.248. The largest absolute Gasteiger partial charge is 0.310 e. The molecule has 15 heavy (non-hydrogen) atoms. The molecule has 0 bridgehead atoms. The molecule has 3 heteroatoms. The van der Waals surface area contributed by atoms with Crippen LogP contribution in [0.15, 0.2) is 18.2 Å². The molecule has 0 saturated heterocycles. The zero-order valence-corrected chi connectivity index (χ0v) is 9.57. The molecule has 0 atom stereocenters. The van der Waals surface area contributed by atoms with Gasteiger partial charge in [0, 0.05) is 16.1 Å². The van der Waals surface area contributed by atoms with Crippen LogP contribution < -0.4 is 5.32 Å². The zero-order valence-electron chi connectivity index (χ0n) is 8.82. The Balaban J connectivity index is 2.51. The van der Waals surface area contributed by atoms with Gasteiger partial charge in [0.15, 0.2) is 0 Å². The van der Waals surface area contributed by atoms with E-state index in [4.69, 9.17) is 11.6 Å². The Bertz CT molecular complexity index is 338. The minimum Gasteiger partial charge on any atom is -0.310 e. The van der Waals surface area contributed by atoms with Gasteiger partial charge in [0.1, 0.15) is 5.82 Å². The van der Waals surface area contributed by atoms with Gasteiger partial charge in [-0.2, -0.15) is 0 Å². The first-order valence-corrected chi connectivity index (χ1v) is 5.71. The van der Waals surface area contributed by atoms with Crippen LogP contribution in [0.25, 0.3) is 0 Å². The second kappa shape index (κ2) is 4.11. The monoisotopic (exact) mass is 227 g/mol. The van der Waals surface area contributed by atoms with Crippen molar-refractivity contribution in [1.82, 2.24) is 5.32 Å². The summed E-state index contributed by atoms with van der Waals surface area (Å²) < 4.78 is 13.8. The first-order chi connectivity index (χ1) is 7.19. The van der Waals surface area contributed by atoms with Crippen molar-refractivity contribution >= 4 is 11.6 Å². The molecule has 1 aliphatic rings. The maximum atomic E-state index is 13.8. The fraction of sp³-hybridized carbons (Fsp3) is 0.500. The van der Waals surface area contributed by atoms with E-state index in [0.29, 0.717) is 10.6 Å². The van der Waals surface area contributed by atoms with Crippen molar-refractivity contribution in [2.75, 3.05) is 7.05 Å². The third-order valence-corrected chi connectivity index (χ3v) is 3.69. The number of hydrogen-bond acceptors (Lipinski definition) is 1. The van der Waals surface area contributed by atoms with Crippen molar-refractivity contribution < 1.29 is 4.39 Å². The predicted octanol–water partition coefficient (Wildman–Crippen LogP) is 3.47. The fourth-order valence-corrected chi connectivity index (χ4v) is 2.90. The van der Waals surface area contributed by atoms with Crippen molar-refractivity contribution in [3.05, 3.63) is 34.6 Å². The van der Waals surface area contributed by atoms with Crippen molar-refractivity contribution in [3.8, 4) is 0 Å². The summed E-state index contributed by atoms with van der Waals surface area (Å²) in [6, 6.07) is 4.90. The summed E-state index contributed by atoms with van der Waals surface area (Å²) in [5.41, 5.74) is 0.397. The van der Waals surface area contributed by atoms with E-state index < -0.39 is 0 Å². The maximum Gasteiger partial charge on any atom is 0.129 e. The van der Waals surface area contributed by atoms with Gasteiger partial charge in [-0.25, -0.2) is 4.39 Å². The van der Waals surface area contributed by atoms with Gasteiger partial charge in [0.2, 0.25) is 0 Å². The molecule has 1 aromatic rings. The molecule has 82 valence electrons. The van der Waals surface area contributed by atoms with Gasteiger partial charge in [-0.05, 0) is 32.0 Å². The highest BCUT2D eigenvalue weighted by atomic mass is 35.5. The van der Waals surface area contributed by atoms with E-state index in [9.17, 15) is 4.39 Å². The molecule has 1 aromatic carbocycles. The summed E-state index contributed by atoms with van der Waals surface area (Å²) in [5, 5.41) is 3.78. The number of benzene rings is 1. The molecule has 0 amide bonds. The number of hydrogen-bond donors (Lipinski definition) is 1. The third-order valence-electron chi connectivity index (χ3n) is 3.38. The van der Waals surface area contributed by atoms with E-state index in [0.717, 1.165) is 25.7 Å². The first kappa shape index (κ1) is 10.9. The molecule has 0 spiro atoms. The molecule has 0 aliphatic heterocycles. The summed E-state index contributed by atoms with van der Waals surface area (Å²) in [7, 11) is 1.88. The van der Waals surface area contributed by atoms with Gasteiger partial charge in [0.05, 0.1) is 0 Å². The summed E-state index contributed by atoms with van der Waals surface area (Å²) in [4.78, 5) is 0. The highest BCUT2D eigenvalue weighted by Crippen LogP contribution is 2.42. The van der Waals surface area contributed by atoms with Crippen LogP contribution in [-0.4, -0.2) is 7.05 Å². The third kappa shape index (κ3) is 1.77. The average Bonchev–Trinajstić information content (AvgIpc) is 2.67. The van der Waals surface area contributed by atoms with E-state index in [1.165, 1.54) is 6.07 Å². The lowest BCUT2D eigenvalue weighted by Crippen LogP contribution is -2.38. The Labute approximate surface area is 94.6 Å². The normalized spacial score (nSPS) is 19.4. The lowest BCUT2D eigenvalue weighted by atomic mass is 9.88. The molecule has 2 rings (SSSR count). The Morgan fingerprint density at radius 1 is 1.33 bits per heavy atom. The average molecular weight is 228 g/mol. The standard InChI is InChI=1S/C12H15ClFN/c1-15-12(7-2-3-8-12)11-9(13)5-4-6-10(11)14/h4-6,15H,2-3,7-8H2,1H3. The molecule has 0 aromatic heterocycles. The number of rotatable bonds is 2.